The van der Waals surface area contributed by atoms with E-state index in [1.807, 2.05) is 0 Å². The van der Waals surface area contributed by atoms with Crippen LogP contribution in [0.5, 0.6) is 0 Å². The van der Waals surface area contributed by atoms with Gasteiger partial charge in [0, 0.05) is 17.7 Å². The van der Waals surface area contributed by atoms with Crippen molar-refractivity contribution in [3.63, 3.8) is 0 Å². The number of halogens is 1. The number of carbonyl (C=O) groups excluding carboxylic acids is 2. The van der Waals surface area contributed by atoms with E-state index < -0.39 is 15.7 Å². The number of hydrogen-bond donors (Lipinski definition) is 2. The second kappa shape index (κ2) is 8.33. The van der Waals surface area contributed by atoms with Crippen molar-refractivity contribution in [2.24, 2.45) is 0 Å². The molecule has 0 atom stereocenters. The Morgan fingerprint density at radius 1 is 1.00 bits per heavy atom. The maximum absolute atomic E-state index is 12.4. The van der Waals surface area contributed by atoms with Crippen LogP contribution in [0.2, 0.25) is 5.02 Å². The second-order valence-corrected chi connectivity index (χ2v) is 8.16. The summed E-state index contributed by atoms with van der Waals surface area (Å²) in [6.45, 7) is 3.29. The van der Waals surface area contributed by atoms with Crippen molar-refractivity contribution in [1.82, 2.24) is 0 Å². The third kappa shape index (κ3) is 4.83. The quantitative estimate of drug-likeness (QED) is 0.780. The van der Waals surface area contributed by atoms with Crippen LogP contribution in [0.25, 0.3) is 0 Å². The number of nitrogens with one attached hydrogen (secondary N) is 2. The third-order valence-corrected chi connectivity index (χ3v) is 5.76. The average molecular weight is 395 g/mol. The standard InChI is InChI=1S/C18H19ClN2O4S/c1-3-17(22)20-13-7-10-15(19)16(11-13)21-18(23)12-5-8-14(9-6-12)26(24,25)4-2/h5-11H,3-4H2,1-2H3,(H,20,22)(H,21,23). The zero-order valence-electron chi connectivity index (χ0n) is 14.4. The van der Waals surface area contributed by atoms with Gasteiger partial charge in [-0.2, -0.15) is 0 Å². The van der Waals surface area contributed by atoms with Gasteiger partial charge in [0.2, 0.25) is 5.91 Å². The highest BCUT2D eigenvalue weighted by Gasteiger charge is 2.14. The predicted octanol–water partition coefficient (Wildman–Crippen LogP) is 3.73. The molecule has 26 heavy (non-hydrogen) atoms. The van der Waals surface area contributed by atoms with Gasteiger partial charge in [-0.05, 0) is 42.5 Å². The number of hydrogen-bond acceptors (Lipinski definition) is 4. The number of carbonyl (C=O) groups is 2. The van der Waals surface area contributed by atoms with Crippen LogP contribution in [0.3, 0.4) is 0 Å². The summed E-state index contributed by atoms with van der Waals surface area (Å²) in [6, 6.07) is 10.4. The molecule has 0 aromatic heterocycles. The highest BCUT2D eigenvalue weighted by Crippen LogP contribution is 2.26. The molecule has 0 aliphatic heterocycles. The molecule has 0 saturated carbocycles. The van der Waals surface area contributed by atoms with Crippen LogP contribution in [-0.2, 0) is 14.6 Å². The highest BCUT2D eigenvalue weighted by atomic mass is 35.5. The van der Waals surface area contributed by atoms with E-state index >= 15 is 0 Å². The summed E-state index contributed by atoms with van der Waals surface area (Å²) in [4.78, 5) is 24.0. The molecular formula is C18H19ClN2O4S. The number of amides is 2. The Morgan fingerprint density at radius 3 is 2.23 bits per heavy atom. The molecule has 138 valence electrons. The van der Waals surface area contributed by atoms with Gasteiger partial charge in [0.05, 0.1) is 21.4 Å². The zero-order chi connectivity index (χ0) is 19.3. The molecule has 0 spiro atoms. The van der Waals surface area contributed by atoms with Crippen LogP contribution in [0.15, 0.2) is 47.4 Å². The van der Waals surface area contributed by atoms with E-state index in [1.165, 1.54) is 24.3 Å². The predicted molar refractivity (Wildman–Crippen MR) is 102 cm³/mol. The maximum Gasteiger partial charge on any atom is 0.255 e. The monoisotopic (exact) mass is 394 g/mol. The molecule has 6 nitrogen and oxygen atoms in total. The highest BCUT2D eigenvalue weighted by molar-refractivity contribution is 7.91. The van der Waals surface area contributed by atoms with Crippen molar-refractivity contribution in [2.45, 2.75) is 25.2 Å². The van der Waals surface area contributed by atoms with Crippen molar-refractivity contribution in [3.8, 4) is 0 Å². The van der Waals surface area contributed by atoms with Crippen LogP contribution in [0.4, 0.5) is 11.4 Å². The van der Waals surface area contributed by atoms with E-state index in [0.717, 1.165) is 0 Å². The molecule has 0 aliphatic carbocycles. The minimum absolute atomic E-state index is 0.00950. The van der Waals surface area contributed by atoms with Gasteiger partial charge < -0.3 is 10.6 Å². The van der Waals surface area contributed by atoms with Gasteiger partial charge in [-0.1, -0.05) is 25.4 Å². The van der Waals surface area contributed by atoms with Gasteiger partial charge in [-0.15, -0.1) is 0 Å². The number of anilines is 2. The molecule has 0 aliphatic rings. The molecule has 0 unspecified atom stereocenters. The van der Waals surface area contributed by atoms with Gasteiger partial charge in [0.1, 0.15) is 0 Å². The van der Waals surface area contributed by atoms with Crippen LogP contribution >= 0.6 is 11.6 Å². The summed E-state index contributed by atoms with van der Waals surface area (Å²) in [7, 11) is -3.32. The van der Waals surface area contributed by atoms with Gasteiger partial charge >= 0.3 is 0 Å². The summed E-state index contributed by atoms with van der Waals surface area (Å²) in [5.74, 6) is -0.603. The topological polar surface area (TPSA) is 92.3 Å². The first-order chi connectivity index (χ1) is 12.3. The zero-order valence-corrected chi connectivity index (χ0v) is 15.9. The van der Waals surface area contributed by atoms with E-state index in [4.69, 9.17) is 11.6 Å². The molecule has 2 aromatic rings. The molecule has 2 rings (SSSR count). The first kappa shape index (κ1) is 19.9. The molecule has 0 saturated heterocycles. The average Bonchev–Trinajstić information content (AvgIpc) is 2.64. The van der Waals surface area contributed by atoms with E-state index in [2.05, 4.69) is 10.6 Å². The van der Waals surface area contributed by atoms with Gasteiger partial charge in [0.25, 0.3) is 5.91 Å². The fraction of sp³-hybridized carbons (Fsp3) is 0.222. The SMILES string of the molecule is CCC(=O)Nc1ccc(Cl)c(NC(=O)c2ccc(S(=O)(=O)CC)cc2)c1. The summed E-state index contributed by atoms with van der Waals surface area (Å²) < 4.78 is 23.6. The second-order valence-electron chi connectivity index (χ2n) is 5.48. The Balaban J connectivity index is 2.19. The largest absolute Gasteiger partial charge is 0.326 e. The fourth-order valence-electron chi connectivity index (χ4n) is 2.12. The molecule has 0 bridgehead atoms. The van der Waals surface area contributed by atoms with Gasteiger partial charge in [-0.3, -0.25) is 9.59 Å². The Hall–Kier alpha value is -2.38. The Morgan fingerprint density at radius 2 is 1.65 bits per heavy atom. The maximum atomic E-state index is 12.4. The van der Waals surface area contributed by atoms with Crippen molar-refractivity contribution >= 4 is 44.6 Å². The lowest BCUT2D eigenvalue weighted by Gasteiger charge is -2.11. The Kier molecular flexibility index (Phi) is 6.39. The van der Waals surface area contributed by atoms with Crippen LogP contribution in [-0.4, -0.2) is 26.0 Å². The summed E-state index contributed by atoms with van der Waals surface area (Å²) in [6.07, 6.45) is 0.331. The van der Waals surface area contributed by atoms with Crippen molar-refractivity contribution < 1.29 is 18.0 Å². The van der Waals surface area contributed by atoms with Gasteiger partial charge in [-0.25, -0.2) is 8.42 Å². The first-order valence-corrected chi connectivity index (χ1v) is 10.0. The minimum atomic E-state index is -3.32. The third-order valence-electron chi connectivity index (χ3n) is 3.68. The molecular weight excluding hydrogens is 376 g/mol. The minimum Gasteiger partial charge on any atom is -0.326 e. The molecule has 2 amide bonds. The van der Waals surface area contributed by atoms with Crippen LogP contribution in [0.1, 0.15) is 30.6 Å². The molecule has 0 fully saturated rings. The van der Waals surface area contributed by atoms with E-state index in [9.17, 15) is 18.0 Å². The first-order valence-electron chi connectivity index (χ1n) is 8.00. The van der Waals surface area contributed by atoms with Crippen LogP contribution < -0.4 is 10.6 Å². The molecule has 0 heterocycles. The van der Waals surface area contributed by atoms with E-state index in [0.29, 0.717) is 28.4 Å². The van der Waals surface area contributed by atoms with E-state index in [-0.39, 0.29) is 16.6 Å². The molecule has 2 aromatic carbocycles. The molecule has 0 radical (unpaired) electrons. The summed E-state index contributed by atoms with van der Waals surface area (Å²) in [5.41, 5.74) is 1.15. The van der Waals surface area contributed by atoms with E-state index in [1.54, 1.807) is 32.0 Å². The van der Waals surface area contributed by atoms with Crippen molar-refractivity contribution in [2.75, 3.05) is 16.4 Å². The molecule has 2 N–H and O–H groups in total. The lowest BCUT2D eigenvalue weighted by molar-refractivity contribution is -0.115. The van der Waals surface area contributed by atoms with Crippen LogP contribution in [0, 0.1) is 0 Å². The number of rotatable bonds is 6. The summed E-state index contributed by atoms with van der Waals surface area (Å²) in [5, 5.41) is 5.66. The Bertz CT molecular complexity index is 925. The van der Waals surface area contributed by atoms with Crippen molar-refractivity contribution in [1.29, 1.82) is 0 Å². The van der Waals surface area contributed by atoms with Gasteiger partial charge in [0.15, 0.2) is 9.84 Å². The smallest absolute Gasteiger partial charge is 0.255 e. The Labute approximate surface area is 157 Å². The fourth-order valence-corrected chi connectivity index (χ4v) is 3.17. The number of benzene rings is 2. The lowest BCUT2D eigenvalue weighted by Crippen LogP contribution is -2.14. The van der Waals surface area contributed by atoms with Crippen molar-refractivity contribution in [3.05, 3.63) is 53.1 Å². The lowest BCUT2D eigenvalue weighted by atomic mass is 10.2. The number of sulfone groups is 1. The molecule has 8 heteroatoms. The normalized spacial score (nSPS) is 11.0. The summed E-state index contributed by atoms with van der Waals surface area (Å²) >= 11 is 6.10.